The van der Waals surface area contributed by atoms with Crippen molar-refractivity contribution in [1.82, 2.24) is 0 Å². The Kier molecular flexibility index (Phi) is 7.29. The lowest BCUT2D eigenvalue weighted by molar-refractivity contribution is 0.0461. The van der Waals surface area contributed by atoms with Crippen LogP contribution in [0.5, 0.6) is 0 Å². The number of ether oxygens (including phenoxy) is 1. The molecule has 0 saturated carbocycles. The van der Waals surface area contributed by atoms with E-state index in [1.165, 1.54) is 12.8 Å². The Bertz CT molecular complexity index is 115. The van der Waals surface area contributed by atoms with Crippen LogP contribution in [0.25, 0.3) is 0 Å². The number of aliphatic hydroxyl groups excluding tert-OH is 1. The first kappa shape index (κ1) is 12.9. The first-order chi connectivity index (χ1) is 6.10. The van der Waals surface area contributed by atoms with Gasteiger partial charge in [-0.3, -0.25) is 0 Å². The molecule has 3 atom stereocenters. The van der Waals surface area contributed by atoms with E-state index < -0.39 is 0 Å². The summed E-state index contributed by atoms with van der Waals surface area (Å²) in [5.74, 6) is 0.629. The fourth-order valence-electron chi connectivity index (χ4n) is 1.65. The van der Waals surface area contributed by atoms with Crippen LogP contribution in [0.15, 0.2) is 0 Å². The Balaban J connectivity index is 3.54. The van der Waals surface area contributed by atoms with Gasteiger partial charge in [0.25, 0.3) is 0 Å². The Morgan fingerprint density at radius 2 is 1.85 bits per heavy atom. The van der Waals surface area contributed by atoms with Crippen molar-refractivity contribution >= 4 is 0 Å². The summed E-state index contributed by atoms with van der Waals surface area (Å²) in [6, 6.07) is 0. The molecule has 0 spiro atoms. The van der Waals surface area contributed by atoms with E-state index in [9.17, 15) is 5.11 Å². The van der Waals surface area contributed by atoms with Gasteiger partial charge in [0.15, 0.2) is 0 Å². The molecule has 0 aliphatic heterocycles. The summed E-state index contributed by atoms with van der Waals surface area (Å²) < 4.78 is 5.10. The van der Waals surface area contributed by atoms with Gasteiger partial charge >= 0.3 is 0 Å². The normalized spacial score (nSPS) is 18.2. The minimum Gasteiger partial charge on any atom is -0.393 e. The van der Waals surface area contributed by atoms with Gasteiger partial charge in [-0.1, -0.05) is 26.7 Å². The Morgan fingerprint density at radius 1 is 1.23 bits per heavy atom. The Labute approximate surface area is 82.3 Å². The molecular formula is C11H24O2. The van der Waals surface area contributed by atoms with E-state index in [0.717, 1.165) is 12.8 Å². The molecule has 0 amide bonds. The second-order valence-electron chi connectivity index (χ2n) is 4.07. The molecule has 0 aromatic carbocycles. The summed E-state index contributed by atoms with van der Waals surface area (Å²) in [6.45, 7) is 6.37. The molecule has 80 valence electrons. The van der Waals surface area contributed by atoms with Gasteiger partial charge in [0, 0.05) is 7.11 Å². The van der Waals surface area contributed by atoms with Crippen LogP contribution < -0.4 is 0 Å². The third-order valence-electron chi connectivity index (χ3n) is 2.46. The fourth-order valence-corrected chi connectivity index (χ4v) is 1.65. The molecule has 0 aliphatic rings. The van der Waals surface area contributed by atoms with Crippen LogP contribution in [0.2, 0.25) is 0 Å². The minimum atomic E-state index is -0.198. The summed E-state index contributed by atoms with van der Waals surface area (Å²) in [5, 5.41) is 9.67. The molecule has 0 rings (SSSR count). The number of aliphatic hydroxyl groups is 1. The van der Waals surface area contributed by atoms with Crippen LogP contribution in [-0.2, 0) is 4.74 Å². The zero-order chi connectivity index (χ0) is 10.3. The monoisotopic (exact) mass is 188 g/mol. The minimum absolute atomic E-state index is 0.170. The summed E-state index contributed by atoms with van der Waals surface area (Å²) in [4.78, 5) is 0. The highest BCUT2D eigenvalue weighted by Gasteiger charge is 2.12. The fraction of sp³-hybridized carbons (Fsp3) is 1.00. The molecular weight excluding hydrogens is 164 g/mol. The van der Waals surface area contributed by atoms with Gasteiger partial charge in [0.05, 0.1) is 12.2 Å². The average Bonchev–Trinajstić information content (AvgIpc) is 2.04. The van der Waals surface area contributed by atoms with Crippen LogP contribution in [-0.4, -0.2) is 24.4 Å². The van der Waals surface area contributed by atoms with E-state index >= 15 is 0 Å². The summed E-state index contributed by atoms with van der Waals surface area (Å²) in [6.07, 6.45) is 4.04. The molecule has 2 nitrogen and oxygen atoms in total. The van der Waals surface area contributed by atoms with Gasteiger partial charge in [-0.2, -0.15) is 0 Å². The van der Waals surface area contributed by atoms with Crippen molar-refractivity contribution in [3.8, 4) is 0 Å². The highest BCUT2D eigenvalue weighted by Crippen LogP contribution is 2.15. The molecule has 1 N–H and O–H groups in total. The molecule has 0 saturated heterocycles. The van der Waals surface area contributed by atoms with Gasteiger partial charge in [0.2, 0.25) is 0 Å². The van der Waals surface area contributed by atoms with Crippen LogP contribution in [0, 0.1) is 5.92 Å². The van der Waals surface area contributed by atoms with E-state index in [1.807, 2.05) is 6.92 Å². The largest absolute Gasteiger partial charge is 0.393 e. The van der Waals surface area contributed by atoms with Gasteiger partial charge in [0.1, 0.15) is 0 Å². The van der Waals surface area contributed by atoms with Crippen molar-refractivity contribution in [2.75, 3.05) is 7.11 Å². The second kappa shape index (κ2) is 7.34. The van der Waals surface area contributed by atoms with Crippen LogP contribution in [0.1, 0.15) is 46.5 Å². The number of rotatable bonds is 7. The third-order valence-corrected chi connectivity index (χ3v) is 2.46. The maximum atomic E-state index is 9.67. The number of hydrogen-bond donors (Lipinski definition) is 1. The second-order valence-corrected chi connectivity index (χ2v) is 4.07. The first-order valence-corrected chi connectivity index (χ1v) is 5.31. The zero-order valence-electron chi connectivity index (χ0n) is 9.42. The van der Waals surface area contributed by atoms with E-state index in [-0.39, 0.29) is 12.2 Å². The zero-order valence-corrected chi connectivity index (χ0v) is 9.42. The van der Waals surface area contributed by atoms with Crippen molar-refractivity contribution < 1.29 is 9.84 Å². The molecule has 0 aromatic rings. The Hall–Kier alpha value is -0.0800. The average molecular weight is 188 g/mol. The van der Waals surface area contributed by atoms with E-state index in [2.05, 4.69) is 13.8 Å². The van der Waals surface area contributed by atoms with E-state index in [1.54, 1.807) is 7.11 Å². The standard InChI is InChI=1S/C11H24O2/c1-5-6-9(2)7-11(12)8-10(3)13-4/h9-12H,5-8H2,1-4H3. The number of methoxy groups -OCH3 is 1. The van der Waals surface area contributed by atoms with Crippen LogP contribution in [0.4, 0.5) is 0 Å². The van der Waals surface area contributed by atoms with Gasteiger partial charge < -0.3 is 9.84 Å². The topological polar surface area (TPSA) is 29.5 Å². The molecule has 0 radical (unpaired) electrons. The highest BCUT2D eigenvalue weighted by molar-refractivity contribution is 4.64. The van der Waals surface area contributed by atoms with Crippen molar-refractivity contribution in [1.29, 1.82) is 0 Å². The molecule has 0 aliphatic carbocycles. The SMILES string of the molecule is CCCC(C)CC(O)CC(C)OC. The van der Waals surface area contributed by atoms with E-state index in [0.29, 0.717) is 5.92 Å². The molecule has 0 heterocycles. The maximum absolute atomic E-state index is 9.67. The summed E-state index contributed by atoms with van der Waals surface area (Å²) in [5.41, 5.74) is 0. The smallest absolute Gasteiger partial charge is 0.0567 e. The molecule has 0 bridgehead atoms. The molecule has 2 heteroatoms. The van der Waals surface area contributed by atoms with Crippen molar-refractivity contribution in [2.45, 2.75) is 58.7 Å². The quantitative estimate of drug-likeness (QED) is 0.665. The predicted molar refractivity (Wildman–Crippen MR) is 55.8 cm³/mol. The van der Waals surface area contributed by atoms with Crippen molar-refractivity contribution in [3.05, 3.63) is 0 Å². The van der Waals surface area contributed by atoms with E-state index in [4.69, 9.17) is 4.74 Å². The molecule has 0 aromatic heterocycles. The van der Waals surface area contributed by atoms with Crippen LogP contribution in [0.3, 0.4) is 0 Å². The lowest BCUT2D eigenvalue weighted by atomic mass is 9.96. The van der Waals surface area contributed by atoms with Gasteiger partial charge in [-0.05, 0) is 25.7 Å². The number of hydrogen-bond acceptors (Lipinski definition) is 2. The highest BCUT2D eigenvalue weighted by atomic mass is 16.5. The van der Waals surface area contributed by atoms with Gasteiger partial charge in [-0.15, -0.1) is 0 Å². The predicted octanol–water partition coefficient (Wildman–Crippen LogP) is 2.60. The first-order valence-electron chi connectivity index (χ1n) is 5.31. The van der Waals surface area contributed by atoms with Crippen molar-refractivity contribution in [3.63, 3.8) is 0 Å². The molecule has 3 unspecified atom stereocenters. The molecule has 13 heavy (non-hydrogen) atoms. The third kappa shape index (κ3) is 7.03. The molecule has 0 fully saturated rings. The van der Waals surface area contributed by atoms with Crippen molar-refractivity contribution in [2.24, 2.45) is 5.92 Å². The lowest BCUT2D eigenvalue weighted by Gasteiger charge is -2.18. The lowest BCUT2D eigenvalue weighted by Crippen LogP contribution is -2.19. The van der Waals surface area contributed by atoms with Crippen LogP contribution >= 0.6 is 0 Å². The van der Waals surface area contributed by atoms with Gasteiger partial charge in [-0.25, -0.2) is 0 Å². The summed E-state index contributed by atoms with van der Waals surface area (Å²) >= 11 is 0. The summed E-state index contributed by atoms with van der Waals surface area (Å²) in [7, 11) is 1.69. The maximum Gasteiger partial charge on any atom is 0.0567 e. The Morgan fingerprint density at radius 3 is 2.31 bits per heavy atom.